The third-order valence-electron chi connectivity index (χ3n) is 4.18. The van der Waals surface area contributed by atoms with E-state index in [4.69, 9.17) is 5.73 Å². The summed E-state index contributed by atoms with van der Waals surface area (Å²) in [5.41, 5.74) is 4.78. The molecule has 0 radical (unpaired) electrons. The Balaban J connectivity index is 2.15. The maximum absolute atomic E-state index is 13.6. The molecule has 0 bridgehead atoms. The van der Waals surface area contributed by atoms with Crippen LogP contribution in [0.2, 0.25) is 0 Å². The molecule has 2 nitrogen and oxygen atoms in total. The van der Waals surface area contributed by atoms with E-state index in [1.54, 1.807) is 0 Å². The zero-order valence-electron chi connectivity index (χ0n) is 11.5. The molecule has 1 fully saturated rings. The van der Waals surface area contributed by atoms with E-state index in [1.807, 2.05) is 0 Å². The van der Waals surface area contributed by atoms with Crippen molar-refractivity contribution in [2.45, 2.75) is 50.4 Å². The molecule has 2 rings (SSSR count). The quantitative estimate of drug-likeness (QED) is 0.835. The first-order valence-corrected chi connectivity index (χ1v) is 7.11. The Bertz CT molecular complexity index is 483. The van der Waals surface area contributed by atoms with Crippen LogP contribution in [-0.2, 0) is 6.18 Å². The highest BCUT2D eigenvalue weighted by atomic mass is 19.4. The first kappa shape index (κ1) is 16.2. The van der Waals surface area contributed by atoms with Crippen molar-refractivity contribution in [2.75, 3.05) is 0 Å². The molecule has 0 aromatic heterocycles. The third kappa shape index (κ3) is 3.74. The molecule has 1 saturated carbocycles. The van der Waals surface area contributed by atoms with Crippen LogP contribution in [0.3, 0.4) is 0 Å². The van der Waals surface area contributed by atoms with Crippen LogP contribution >= 0.6 is 0 Å². The molecule has 0 unspecified atom stereocenters. The molecule has 21 heavy (non-hydrogen) atoms. The second-order valence-electron chi connectivity index (χ2n) is 5.65. The summed E-state index contributed by atoms with van der Waals surface area (Å²) in [7, 11) is 0. The molecule has 1 aromatic carbocycles. The lowest BCUT2D eigenvalue weighted by molar-refractivity contribution is -0.140. The van der Waals surface area contributed by atoms with E-state index < -0.39 is 29.7 Å². The number of benzene rings is 1. The van der Waals surface area contributed by atoms with E-state index in [2.05, 4.69) is 0 Å². The molecule has 1 aromatic rings. The number of alkyl halides is 3. The largest absolute Gasteiger partial charge is 0.419 e. The van der Waals surface area contributed by atoms with Crippen LogP contribution in [0.4, 0.5) is 17.6 Å². The summed E-state index contributed by atoms with van der Waals surface area (Å²) in [6.45, 7) is 0. The molecule has 3 N–H and O–H groups in total. The number of halogens is 4. The van der Waals surface area contributed by atoms with Crippen molar-refractivity contribution in [1.82, 2.24) is 0 Å². The maximum atomic E-state index is 13.6. The maximum Gasteiger partial charge on any atom is 0.419 e. The Labute approximate surface area is 121 Å². The van der Waals surface area contributed by atoms with Gasteiger partial charge < -0.3 is 10.8 Å². The molecular weight excluding hydrogens is 286 g/mol. The second-order valence-corrected chi connectivity index (χ2v) is 5.65. The highest BCUT2D eigenvalue weighted by Crippen LogP contribution is 2.34. The van der Waals surface area contributed by atoms with Crippen molar-refractivity contribution in [3.05, 3.63) is 35.1 Å². The molecule has 1 aliphatic carbocycles. The fourth-order valence-corrected chi connectivity index (χ4v) is 2.93. The lowest BCUT2D eigenvalue weighted by Gasteiger charge is -2.30. The second kappa shape index (κ2) is 6.32. The SMILES string of the molecule is N[C@@H](c1ccc(C(F)(F)F)c(F)c1)[C@H](O)C1CCCCC1. The topological polar surface area (TPSA) is 46.2 Å². The molecule has 0 heterocycles. The minimum absolute atomic E-state index is 0.0269. The summed E-state index contributed by atoms with van der Waals surface area (Å²) >= 11 is 0. The van der Waals surface area contributed by atoms with Crippen LogP contribution in [0.15, 0.2) is 18.2 Å². The standard InChI is InChI=1S/C15H19F4NO/c16-12-8-10(6-7-11(12)15(17,18)19)13(20)14(21)9-4-2-1-3-5-9/h6-9,13-14,21H,1-5,20H2/t13-,14+/m0/s1. The van der Waals surface area contributed by atoms with Crippen molar-refractivity contribution in [2.24, 2.45) is 11.7 Å². The first-order chi connectivity index (χ1) is 9.80. The Hall–Kier alpha value is -1.14. The summed E-state index contributed by atoms with van der Waals surface area (Å²) in [4.78, 5) is 0. The van der Waals surface area contributed by atoms with Gasteiger partial charge in [0.1, 0.15) is 5.82 Å². The average molecular weight is 305 g/mol. The van der Waals surface area contributed by atoms with Crippen molar-refractivity contribution in [3.63, 3.8) is 0 Å². The van der Waals surface area contributed by atoms with Gasteiger partial charge in [0.05, 0.1) is 17.7 Å². The van der Waals surface area contributed by atoms with Crippen molar-refractivity contribution < 1.29 is 22.7 Å². The Kier molecular flexibility index (Phi) is 4.88. The first-order valence-electron chi connectivity index (χ1n) is 7.11. The smallest absolute Gasteiger partial charge is 0.391 e. The molecule has 6 heteroatoms. The van der Waals surface area contributed by atoms with Gasteiger partial charge in [-0.05, 0) is 36.5 Å². The van der Waals surface area contributed by atoms with Crippen molar-refractivity contribution >= 4 is 0 Å². The zero-order valence-corrected chi connectivity index (χ0v) is 11.5. The Morgan fingerprint density at radius 2 is 1.76 bits per heavy atom. The van der Waals surface area contributed by atoms with Gasteiger partial charge in [-0.15, -0.1) is 0 Å². The Morgan fingerprint density at radius 1 is 1.14 bits per heavy atom. The molecule has 118 valence electrons. The van der Waals surface area contributed by atoms with Crippen LogP contribution < -0.4 is 5.73 Å². The number of aliphatic hydroxyl groups excluding tert-OH is 1. The van der Waals surface area contributed by atoms with Crippen molar-refractivity contribution in [1.29, 1.82) is 0 Å². The van der Waals surface area contributed by atoms with E-state index in [0.717, 1.165) is 44.2 Å². The van der Waals surface area contributed by atoms with Crippen molar-refractivity contribution in [3.8, 4) is 0 Å². The van der Waals surface area contributed by atoms with E-state index in [-0.39, 0.29) is 11.5 Å². The summed E-state index contributed by atoms with van der Waals surface area (Å²) in [6.07, 6.45) is -0.759. The number of hydrogen-bond donors (Lipinski definition) is 2. The predicted octanol–water partition coefficient (Wildman–Crippen LogP) is 3.79. The molecule has 0 spiro atoms. The molecule has 0 saturated heterocycles. The molecule has 1 aliphatic rings. The molecule has 0 aliphatic heterocycles. The lowest BCUT2D eigenvalue weighted by Crippen LogP contribution is -2.34. The minimum atomic E-state index is -4.73. The van der Waals surface area contributed by atoms with Crippen LogP contribution in [0.1, 0.15) is 49.3 Å². The van der Waals surface area contributed by atoms with E-state index in [0.29, 0.717) is 6.07 Å². The van der Waals surface area contributed by atoms with Crippen LogP contribution in [0.5, 0.6) is 0 Å². The fraction of sp³-hybridized carbons (Fsp3) is 0.600. The van der Waals surface area contributed by atoms with Gasteiger partial charge in [0.25, 0.3) is 0 Å². The Morgan fingerprint density at radius 3 is 2.29 bits per heavy atom. The van der Waals surface area contributed by atoms with Crippen LogP contribution in [-0.4, -0.2) is 11.2 Å². The molecular formula is C15H19F4NO. The minimum Gasteiger partial charge on any atom is -0.391 e. The van der Waals surface area contributed by atoms with Gasteiger partial charge in [-0.3, -0.25) is 0 Å². The van der Waals surface area contributed by atoms with Gasteiger partial charge in [0.2, 0.25) is 0 Å². The lowest BCUT2D eigenvalue weighted by atomic mass is 9.81. The van der Waals surface area contributed by atoms with Gasteiger partial charge in [0.15, 0.2) is 0 Å². The van der Waals surface area contributed by atoms with E-state index in [9.17, 15) is 22.7 Å². The monoisotopic (exact) mass is 305 g/mol. The zero-order chi connectivity index (χ0) is 15.6. The highest BCUT2D eigenvalue weighted by molar-refractivity contribution is 5.29. The van der Waals surface area contributed by atoms with Gasteiger partial charge in [-0.25, -0.2) is 4.39 Å². The number of nitrogens with two attached hydrogens (primary N) is 1. The van der Waals surface area contributed by atoms with Gasteiger partial charge in [0, 0.05) is 0 Å². The van der Waals surface area contributed by atoms with E-state index in [1.165, 1.54) is 0 Å². The van der Waals surface area contributed by atoms with Gasteiger partial charge in [-0.2, -0.15) is 13.2 Å². The fourth-order valence-electron chi connectivity index (χ4n) is 2.93. The third-order valence-corrected chi connectivity index (χ3v) is 4.18. The van der Waals surface area contributed by atoms with Gasteiger partial charge >= 0.3 is 6.18 Å². The summed E-state index contributed by atoms with van der Waals surface area (Å²) in [5.74, 6) is -1.33. The predicted molar refractivity (Wildman–Crippen MR) is 70.9 cm³/mol. The van der Waals surface area contributed by atoms with E-state index >= 15 is 0 Å². The number of rotatable bonds is 3. The highest BCUT2D eigenvalue weighted by Gasteiger charge is 2.35. The number of hydrogen-bond acceptors (Lipinski definition) is 2. The normalized spacial score (nSPS) is 20.3. The van der Waals surface area contributed by atoms with Crippen LogP contribution in [0.25, 0.3) is 0 Å². The van der Waals surface area contributed by atoms with Gasteiger partial charge in [-0.1, -0.05) is 25.3 Å². The average Bonchev–Trinajstić information content (AvgIpc) is 2.45. The summed E-state index contributed by atoms with van der Waals surface area (Å²) in [5, 5.41) is 10.2. The molecule has 0 amide bonds. The van der Waals surface area contributed by atoms with Crippen LogP contribution in [0, 0.1) is 11.7 Å². The summed E-state index contributed by atoms with van der Waals surface area (Å²) < 4.78 is 51.1. The molecule has 2 atom stereocenters. The summed E-state index contributed by atoms with van der Waals surface area (Å²) in [6, 6.07) is 1.73. The number of aliphatic hydroxyl groups is 1.